The zero-order valence-electron chi connectivity index (χ0n) is 18.3. The van der Waals surface area contributed by atoms with Crippen molar-refractivity contribution < 1.29 is 24.3 Å². The van der Waals surface area contributed by atoms with Crippen LogP contribution in [-0.4, -0.2) is 112 Å². The van der Waals surface area contributed by atoms with E-state index in [1.54, 1.807) is 11.0 Å². The highest BCUT2D eigenvalue weighted by molar-refractivity contribution is 5.92. The lowest BCUT2D eigenvalue weighted by Crippen LogP contribution is -2.61. The molecular weight excluding hydrogens is 402 g/mol. The molecule has 0 saturated carbocycles. The minimum Gasteiger partial charge on any atom is -0.480 e. The van der Waals surface area contributed by atoms with E-state index in [9.17, 15) is 24.3 Å². The fourth-order valence-electron chi connectivity index (χ4n) is 4.08. The average Bonchev–Trinajstić information content (AvgIpc) is 2.77. The number of aliphatic carboxylic acids is 1. The lowest BCUT2D eigenvalue weighted by Gasteiger charge is -2.41. The number of carbonyl (C=O) groups excluding carboxylic acids is 3. The Morgan fingerprint density at radius 3 is 2.39 bits per heavy atom. The maximum atomic E-state index is 12.5. The van der Waals surface area contributed by atoms with Gasteiger partial charge in [0, 0.05) is 45.3 Å². The number of nitrogens with two attached hydrogens (primary N) is 1. The summed E-state index contributed by atoms with van der Waals surface area (Å²) in [7, 11) is 0. The van der Waals surface area contributed by atoms with Crippen molar-refractivity contribution in [2.75, 3.05) is 45.8 Å². The van der Waals surface area contributed by atoms with Gasteiger partial charge in [-0.15, -0.1) is 0 Å². The summed E-state index contributed by atoms with van der Waals surface area (Å²) in [5.74, 6) is -2.00. The molecule has 0 aliphatic carbocycles. The van der Waals surface area contributed by atoms with Gasteiger partial charge in [-0.3, -0.25) is 29.0 Å². The van der Waals surface area contributed by atoms with E-state index < -0.39 is 24.0 Å². The summed E-state index contributed by atoms with van der Waals surface area (Å²) in [5, 5.41) is 9.40. The monoisotopic (exact) mass is 435 g/mol. The van der Waals surface area contributed by atoms with Crippen molar-refractivity contribution in [2.45, 2.75) is 38.4 Å². The van der Waals surface area contributed by atoms with Crippen LogP contribution in [-0.2, 0) is 19.2 Å². The van der Waals surface area contributed by atoms with E-state index in [-0.39, 0.29) is 24.4 Å². The average molecular weight is 436 g/mol. The number of rotatable bonds is 8. The summed E-state index contributed by atoms with van der Waals surface area (Å²) >= 11 is 0. The third kappa shape index (κ3) is 6.14. The quantitative estimate of drug-likeness (QED) is 0.474. The molecule has 3 atom stereocenters. The predicted molar refractivity (Wildman–Crippen MR) is 115 cm³/mol. The number of carboxylic acid groups (broad SMARTS) is 1. The van der Waals surface area contributed by atoms with Crippen LogP contribution >= 0.6 is 0 Å². The first-order chi connectivity index (χ1) is 14.7. The molecule has 0 aromatic heterocycles. The predicted octanol–water partition coefficient (Wildman–Crippen LogP) is -0.877. The Morgan fingerprint density at radius 1 is 1.10 bits per heavy atom. The summed E-state index contributed by atoms with van der Waals surface area (Å²) in [4.78, 5) is 54.7. The molecule has 10 nitrogen and oxygen atoms in total. The normalized spacial score (nSPS) is 24.2. The van der Waals surface area contributed by atoms with Crippen LogP contribution in [0.2, 0.25) is 0 Å². The maximum Gasteiger partial charge on any atom is 0.322 e. The fourth-order valence-corrected chi connectivity index (χ4v) is 4.08. The van der Waals surface area contributed by atoms with E-state index in [1.807, 2.05) is 18.7 Å². The van der Waals surface area contributed by atoms with Gasteiger partial charge in [-0.25, -0.2) is 0 Å². The van der Waals surface area contributed by atoms with Gasteiger partial charge in [-0.1, -0.05) is 19.6 Å². The van der Waals surface area contributed by atoms with Gasteiger partial charge >= 0.3 is 5.97 Å². The van der Waals surface area contributed by atoms with Crippen molar-refractivity contribution >= 4 is 23.7 Å². The summed E-state index contributed by atoms with van der Waals surface area (Å²) in [6.45, 7) is 10.5. The molecule has 3 N–H and O–H groups in total. The minimum absolute atomic E-state index is 0.0376. The second-order valence-electron chi connectivity index (χ2n) is 7.90. The second kappa shape index (κ2) is 11.1. The smallest absolute Gasteiger partial charge is 0.322 e. The van der Waals surface area contributed by atoms with E-state index >= 15 is 0 Å². The van der Waals surface area contributed by atoms with Crippen molar-refractivity contribution in [2.24, 2.45) is 5.73 Å². The molecule has 10 heteroatoms. The van der Waals surface area contributed by atoms with Gasteiger partial charge in [0.1, 0.15) is 12.1 Å². The maximum absolute atomic E-state index is 12.5. The van der Waals surface area contributed by atoms with Crippen LogP contribution in [0.1, 0.15) is 20.3 Å². The SMILES string of the molecule is C=CC(=O)N1CCN(C(C)C/C=C/C(=O)N2CCN(CC)C(C(=O)O)C2)CC1C(N)=O. The third-order valence-electron chi connectivity index (χ3n) is 6.05. The number of likely N-dealkylation sites (N-methyl/N-ethyl adjacent to an activating group) is 1. The molecule has 172 valence electrons. The van der Waals surface area contributed by atoms with E-state index in [4.69, 9.17) is 5.73 Å². The van der Waals surface area contributed by atoms with E-state index in [1.165, 1.54) is 17.1 Å². The lowest BCUT2D eigenvalue weighted by molar-refractivity contribution is -0.147. The summed E-state index contributed by atoms with van der Waals surface area (Å²) in [5.41, 5.74) is 5.48. The Morgan fingerprint density at radius 2 is 1.81 bits per heavy atom. The van der Waals surface area contributed by atoms with Gasteiger partial charge in [0.25, 0.3) is 0 Å². The molecular formula is C21H33N5O5. The summed E-state index contributed by atoms with van der Waals surface area (Å²) < 4.78 is 0. The molecule has 2 heterocycles. The Kier molecular flexibility index (Phi) is 8.76. The Balaban J connectivity index is 1.90. The van der Waals surface area contributed by atoms with Crippen LogP contribution in [0.4, 0.5) is 0 Å². The Hall–Kier alpha value is -2.72. The van der Waals surface area contributed by atoms with Crippen LogP contribution in [0.15, 0.2) is 24.8 Å². The lowest BCUT2D eigenvalue weighted by atomic mass is 10.1. The highest BCUT2D eigenvalue weighted by Crippen LogP contribution is 2.16. The van der Waals surface area contributed by atoms with Crippen molar-refractivity contribution in [1.29, 1.82) is 0 Å². The molecule has 2 saturated heterocycles. The number of carboxylic acids is 1. The molecule has 2 aliphatic rings. The highest BCUT2D eigenvalue weighted by Gasteiger charge is 2.35. The topological polar surface area (TPSA) is 127 Å². The molecule has 0 aromatic carbocycles. The van der Waals surface area contributed by atoms with Gasteiger partial charge in [-0.05, 0) is 32.0 Å². The Bertz CT molecular complexity index is 740. The summed E-state index contributed by atoms with van der Waals surface area (Å²) in [6.07, 6.45) is 5.01. The molecule has 2 aliphatic heterocycles. The molecule has 0 aromatic rings. The standard InChI is InChI=1S/C21H33N5O5/c1-4-18(27)26-12-11-24(13-16(26)20(22)29)15(3)7-6-8-19(28)25-10-9-23(5-2)17(14-25)21(30)31/h4,6,8,15-17H,1,5,7,9-14H2,2-3H3,(H2,22,29)(H,30,31)/b8-6+. The van der Waals surface area contributed by atoms with Crippen LogP contribution in [0.5, 0.6) is 0 Å². The zero-order valence-corrected chi connectivity index (χ0v) is 18.3. The van der Waals surface area contributed by atoms with Gasteiger partial charge in [0.05, 0.1) is 0 Å². The molecule has 31 heavy (non-hydrogen) atoms. The van der Waals surface area contributed by atoms with Crippen molar-refractivity contribution in [3.63, 3.8) is 0 Å². The number of carbonyl (C=O) groups is 4. The number of nitrogens with zero attached hydrogens (tertiary/aromatic N) is 4. The van der Waals surface area contributed by atoms with E-state index in [0.29, 0.717) is 45.7 Å². The first kappa shape index (κ1) is 24.5. The molecule has 3 amide bonds. The number of hydrogen-bond donors (Lipinski definition) is 2. The largest absolute Gasteiger partial charge is 0.480 e. The van der Waals surface area contributed by atoms with Crippen LogP contribution < -0.4 is 5.73 Å². The van der Waals surface area contributed by atoms with Crippen molar-refractivity contribution in [3.05, 3.63) is 24.8 Å². The van der Waals surface area contributed by atoms with Crippen LogP contribution in [0.25, 0.3) is 0 Å². The zero-order chi connectivity index (χ0) is 23.1. The number of piperazine rings is 2. The van der Waals surface area contributed by atoms with Gasteiger partial charge < -0.3 is 20.6 Å². The number of hydrogen-bond acceptors (Lipinski definition) is 6. The molecule has 0 radical (unpaired) electrons. The van der Waals surface area contributed by atoms with Crippen LogP contribution in [0.3, 0.4) is 0 Å². The van der Waals surface area contributed by atoms with Gasteiger partial charge in [-0.2, -0.15) is 0 Å². The van der Waals surface area contributed by atoms with Crippen molar-refractivity contribution in [1.82, 2.24) is 19.6 Å². The number of primary amides is 1. The third-order valence-corrected chi connectivity index (χ3v) is 6.05. The molecule has 0 bridgehead atoms. The first-order valence-corrected chi connectivity index (χ1v) is 10.6. The number of amides is 3. The van der Waals surface area contributed by atoms with Crippen molar-refractivity contribution in [3.8, 4) is 0 Å². The van der Waals surface area contributed by atoms with E-state index in [0.717, 1.165) is 0 Å². The molecule has 2 fully saturated rings. The van der Waals surface area contributed by atoms with E-state index in [2.05, 4.69) is 11.5 Å². The molecule has 3 unspecified atom stereocenters. The molecule has 0 spiro atoms. The van der Waals surface area contributed by atoms with Gasteiger partial charge in [0.15, 0.2) is 0 Å². The van der Waals surface area contributed by atoms with Crippen LogP contribution in [0, 0.1) is 0 Å². The first-order valence-electron chi connectivity index (χ1n) is 10.6. The molecule has 2 rings (SSSR count). The fraction of sp³-hybridized carbons (Fsp3) is 0.619. The Labute approximate surface area is 182 Å². The minimum atomic E-state index is -0.921. The summed E-state index contributed by atoms with van der Waals surface area (Å²) in [6, 6.07) is -1.36. The van der Waals surface area contributed by atoms with Gasteiger partial charge in [0.2, 0.25) is 17.7 Å². The second-order valence-corrected chi connectivity index (χ2v) is 7.90. The highest BCUT2D eigenvalue weighted by atomic mass is 16.4.